The molecule has 194 valence electrons. The smallest absolute Gasteiger partial charge is 0.379 e. The number of anilines is 1. The number of thiazole rings is 1. The lowest BCUT2D eigenvalue weighted by molar-refractivity contribution is -0.140. The number of ether oxygens (including phenoxy) is 1. The van der Waals surface area contributed by atoms with Crippen LogP contribution in [0.15, 0.2) is 6.20 Å². The molecule has 2 saturated heterocycles. The van der Waals surface area contributed by atoms with Gasteiger partial charge in [-0.2, -0.15) is 13.2 Å². The predicted molar refractivity (Wildman–Crippen MR) is 122 cm³/mol. The van der Waals surface area contributed by atoms with Crippen molar-refractivity contribution in [1.82, 2.24) is 24.2 Å². The normalized spacial score (nSPS) is 21.4. The molecule has 2 aliphatic rings. The van der Waals surface area contributed by atoms with Gasteiger partial charge in [0.25, 0.3) is 0 Å². The van der Waals surface area contributed by atoms with Crippen molar-refractivity contribution < 1.29 is 30.7 Å². The first-order valence-electron chi connectivity index (χ1n) is 11.0. The second-order valence-corrected chi connectivity index (χ2v) is 11.7. The fourth-order valence-electron chi connectivity index (χ4n) is 4.07. The molecule has 4 heterocycles. The van der Waals surface area contributed by atoms with Gasteiger partial charge in [-0.15, -0.1) is 11.3 Å². The molecule has 1 N–H and O–H groups in total. The number of nitrogens with zero attached hydrogens (tertiary/aromatic N) is 5. The van der Waals surface area contributed by atoms with Crippen molar-refractivity contribution in [3.63, 3.8) is 0 Å². The molecule has 2 aromatic rings. The zero-order valence-corrected chi connectivity index (χ0v) is 20.8. The predicted octanol–water partition coefficient (Wildman–Crippen LogP) is 2.81. The summed E-state index contributed by atoms with van der Waals surface area (Å²) < 4.78 is 86.2. The van der Waals surface area contributed by atoms with Crippen molar-refractivity contribution in [3.8, 4) is 10.6 Å². The molecule has 0 unspecified atom stereocenters. The molecular weight excluding hydrogens is 512 g/mol. The first-order valence-corrected chi connectivity index (χ1v) is 13.7. The largest absolute Gasteiger partial charge is 0.434 e. The average Bonchev–Trinajstić information content (AvgIpc) is 3.21. The van der Waals surface area contributed by atoms with E-state index in [9.17, 15) is 26.0 Å². The Morgan fingerprint density at radius 2 is 1.94 bits per heavy atom. The molecule has 9 nitrogen and oxygen atoms in total. The Hall–Kier alpha value is -1.94. The third kappa shape index (κ3) is 6.25. The molecule has 2 aromatic heterocycles. The van der Waals surface area contributed by atoms with E-state index in [4.69, 9.17) is 4.74 Å². The topological polar surface area (TPSA) is 101 Å². The average molecular weight is 539 g/mol. The van der Waals surface area contributed by atoms with Crippen LogP contribution in [0, 0.1) is 5.82 Å². The van der Waals surface area contributed by atoms with E-state index in [-0.39, 0.29) is 29.6 Å². The number of nitrogens with one attached hydrogen (secondary N) is 1. The maximum atomic E-state index is 14.7. The summed E-state index contributed by atoms with van der Waals surface area (Å²) in [5.41, 5.74) is -1.65. The molecule has 1 atom stereocenters. The van der Waals surface area contributed by atoms with Gasteiger partial charge in [-0.25, -0.2) is 32.1 Å². The van der Waals surface area contributed by atoms with Gasteiger partial charge in [0.05, 0.1) is 37.1 Å². The molecule has 0 amide bonds. The maximum absolute atomic E-state index is 14.7. The van der Waals surface area contributed by atoms with Crippen LogP contribution in [-0.2, 0) is 27.5 Å². The summed E-state index contributed by atoms with van der Waals surface area (Å²) in [6.07, 6.45) is -1.90. The van der Waals surface area contributed by atoms with Gasteiger partial charge in [-0.3, -0.25) is 4.90 Å². The third-order valence-electron chi connectivity index (χ3n) is 6.00. The standard InChI is InChI=1S/C20H26F4N6O3S2/c1-12-11-33-8-7-29(12)10-15-27-18(20(22,23)24)17(34-15)16-14(21)9-25-19(28-16)26-13-3-5-30(6-4-13)35(2,31)32/h9,12-13H,3-8,10-11H2,1-2H3,(H,25,26,28)/t12-/m1/s1. The Labute approximate surface area is 204 Å². The van der Waals surface area contributed by atoms with E-state index in [1.807, 2.05) is 11.8 Å². The van der Waals surface area contributed by atoms with E-state index < -0.39 is 38.3 Å². The summed E-state index contributed by atoms with van der Waals surface area (Å²) >= 11 is 0.762. The highest BCUT2D eigenvalue weighted by molar-refractivity contribution is 7.88. The molecule has 0 bridgehead atoms. The molecule has 2 aliphatic heterocycles. The van der Waals surface area contributed by atoms with E-state index in [2.05, 4.69) is 20.3 Å². The lowest BCUT2D eigenvalue weighted by Crippen LogP contribution is -2.42. The van der Waals surface area contributed by atoms with Crippen LogP contribution in [-0.4, -0.2) is 83.8 Å². The number of piperidine rings is 1. The van der Waals surface area contributed by atoms with Gasteiger partial charge < -0.3 is 10.1 Å². The van der Waals surface area contributed by atoms with Crippen molar-refractivity contribution in [2.75, 3.05) is 44.4 Å². The summed E-state index contributed by atoms with van der Waals surface area (Å²) in [7, 11) is -3.30. The quantitative estimate of drug-likeness (QED) is 0.561. The number of hydrogen-bond donors (Lipinski definition) is 1. The second kappa shape index (κ2) is 10.2. The van der Waals surface area contributed by atoms with E-state index in [1.54, 1.807) is 0 Å². The van der Waals surface area contributed by atoms with E-state index in [1.165, 1.54) is 4.31 Å². The number of halogens is 4. The summed E-state index contributed by atoms with van der Waals surface area (Å²) in [4.78, 5) is 13.3. The summed E-state index contributed by atoms with van der Waals surface area (Å²) in [5.74, 6) is -1.01. The summed E-state index contributed by atoms with van der Waals surface area (Å²) in [6, 6.07) is -0.181. The minimum Gasteiger partial charge on any atom is -0.379 e. The minimum absolute atomic E-state index is 0.0196. The molecule has 35 heavy (non-hydrogen) atoms. The molecule has 0 spiro atoms. The van der Waals surface area contributed by atoms with Crippen molar-refractivity contribution >= 4 is 27.3 Å². The second-order valence-electron chi connectivity index (χ2n) is 8.65. The van der Waals surface area contributed by atoms with Crippen LogP contribution in [0.5, 0.6) is 0 Å². The van der Waals surface area contributed by atoms with Crippen LogP contribution in [0.1, 0.15) is 30.5 Å². The Morgan fingerprint density at radius 3 is 2.57 bits per heavy atom. The number of aromatic nitrogens is 3. The van der Waals surface area contributed by atoms with Gasteiger partial charge >= 0.3 is 6.18 Å². The van der Waals surface area contributed by atoms with Crippen molar-refractivity contribution in [1.29, 1.82) is 0 Å². The Morgan fingerprint density at radius 1 is 1.23 bits per heavy atom. The van der Waals surface area contributed by atoms with Crippen molar-refractivity contribution in [3.05, 3.63) is 22.7 Å². The van der Waals surface area contributed by atoms with Crippen molar-refractivity contribution in [2.45, 2.75) is 44.6 Å². The molecule has 0 radical (unpaired) electrons. The van der Waals surface area contributed by atoms with Gasteiger partial charge in [0.15, 0.2) is 11.5 Å². The van der Waals surface area contributed by atoms with Crippen molar-refractivity contribution in [2.24, 2.45) is 0 Å². The lowest BCUT2D eigenvalue weighted by Gasteiger charge is -2.32. The fourth-order valence-corrected chi connectivity index (χ4v) is 6.04. The highest BCUT2D eigenvalue weighted by Crippen LogP contribution is 2.41. The van der Waals surface area contributed by atoms with Gasteiger partial charge in [0.1, 0.15) is 10.7 Å². The first kappa shape index (κ1) is 26.1. The fraction of sp³-hybridized carbons (Fsp3) is 0.650. The van der Waals surface area contributed by atoms with Gasteiger partial charge in [-0.05, 0) is 19.8 Å². The number of alkyl halides is 3. The molecular formula is C20H26F4N6O3S2. The molecule has 0 aliphatic carbocycles. The minimum atomic E-state index is -4.79. The van der Waals surface area contributed by atoms with Crippen LogP contribution in [0.2, 0.25) is 0 Å². The maximum Gasteiger partial charge on any atom is 0.434 e. The number of sulfonamides is 1. The number of morpholine rings is 1. The van der Waals surface area contributed by atoms with Crippen LogP contribution < -0.4 is 5.32 Å². The molecule has 0 aromatic carbocycles. The van der Waals surface area contributed by atoms with Crippen LogP contribution in [0.3, 0.4) is 0 Å². The molecule has 2 fully saturated rings. The van der Waals surface area contributed by atoms with E-state index >= 15 is 0 Å². The van der Waals surface area contributed by atoms with Gasteiger partial charge in [0, 0.05) is 31.7 Å². The lowest BCUT2D eigenvalue weighted by atomic mass is 10.1. The van der Waals surface area contributed by atoms with E-state index in [0.29, 0.717) is 45.7 Å². The Bertz CT molecular complexity index is 1150. The Balaban J connectivity index is 1.57. The SMILES string of the molecule is C[C@@H]1COCCN1Cc1nc(C(F)(F)F)c(-c2nc(NC3CCN(S(C)(=O)=O)CC3)ncc2F)s1. The molecule has 4 rings (SSSR count). The van der Waals surface area contributed by atoms with Crippen LogP contribution in [0.25, 0.3) is 10.6 Å². The Kier molecular flexibility index (Phi) is 7.62. The highest BCUT2D eigenvalue weighted by atomic mass is 32.2. The summed E-state index contributed by atoms with van der Waals surface area (Å²) in [6.45, 7) is 4.21. The highest BCUT2D eigenvalue weighted by Gasteiger charge is 2.39. The third-order valence-corrected chi connectivity index (χ3v) is 8.35. The monoisotopic (exact) mass is 538 g/mol. The zero-order valence-electron chi connectivity index (χ0n) is 19.2. The summed E-state index contributed by atoms with van der Waals surface area (Å²) in [5, 5.41) is 3.21. The number of rotatable bonds is 6. The van der Waals surface area contributed by atoms with Gasteiger partial charge in [-0.1, -0.05) is 0 Å². The van der Waals surface area contributed by atoms with E-state index in [0.717, 1.165) is 23.8 Å². The number of hydrogen-bond acceptors (Lipinski definition) is 9. The first-order chi connectivity index (χ1) is 16.4. The zero-order chi connectivity index (χ0) is 25.4. The van der Waals surface area contributed by atoms with Crippen LogP contribution in [0.4, 0.5) is 23.5 Å². The van der Waals surface area contributed by atoms with Gasteiger partial charge in [0.2, 0.25) is 16.0 Å². The van der Waals surface area contributed by atoms with Crippen LogP contribution >= 0.6 is 11.3 Å². The molecule has 15 heteroatoms. The molecule has 0 saturated carbocycles.